The molecule has 1 atom stereocenters. The topological polar surface area (TPSA) is 59.4 Å². The van der Waals surface area contributed by atoms with Crippen molar-refractivity contribution >= 4 is 5.96 Å². The summed E-state index contributed by atoms with van der Waals surface area (Å²) in [7, 11) is 1.96. The molecule has 0 radical (unpaired) electrons. The van der Waals surface area contributed by atoms with Gasteiger partial charge >= 0.3 is 0 Å². The van der Waals surface area contributed by atoms with Gasteiger partial charge < -0.3 is 10.6 Å². The Kier molecular flexibility index (Phi) is 2.61. The number of aliphatic imine (C=N–C) groups is 1. The van der Waals surface area contributed by atoms with Gasteiger partial charge in [0.2, 0.25) is 0 Å². The lowest BCUT2D eigenvalue weighted by molar-refractivity contribution is 0.289. The van der Waals surface area contributed by atoms with Crippen molar-refractivity contribution in [1.82, 2.24) is 14.7 Å². The number of rotatable bonds is 2. The normalized spacial score (nSPS) is 20.7. The van der Waals surface area contributed by atoms with Crippen molar-refractivity contribution in [1.29, 1.82) is 0 Å². The number of hydrogen-bond donors (Lipinski definition) is 1. The minimum atomic E-state index is 0.244. The summed E-state index contributed by atoms with van der Waals surface area (Å²) in [5.41, 5.74) is 8.32. The summed E-state index contributed by atoms with van der Waals surface area (Å²) in [6.07, 6.45) is 1.92. The van der Waals surface area contributed by atoms with E-state index in [0.29, 0.717) is 12.0 Å². The fourth-order valence-electron chi connectivity index (χ4n) is 2.22. The minimum Gasteiger partial charge on any atom is -0.370 e. The van der Waals surface area contributed by atoms with Gasteiger partial charge in [0.05, 0.1) is 18.8 Å². The Morgan fingerprint density at radius 1 is 1.50 bits per heavy atom. The molecular weight excluding hydrogens is 202 g/mol. The zero-order valence-corrected chi connectivity index (χ0v) is 10.3. The monoisotopic (exact) mass is 221 g/mol. The van der Waals surface area contributed by atoms with Crippen molar-refractivity contribution < 1.29 is 0 Å². The Hall–Kier alpha value is -1.52. The molecule has 1 unspecified atom stereocenters. The first-order valence-electron chi connectivity index (χ1n) is 5.59. The average molecular weight is 221 g/mol. The SMILES string of the molecule is Cc1c(C2CN=C(N)N2C(C)C)cnn1C. The zero-order valence-electron chi connectivity index (χ0n) is 10.3. The molecule has 5 heteroatoms. The molecule has 5 nitrogen and oxygen atoms in total. The van der Waals surface area contributed by atoms with Crippen LogP contribution in [-0.4, -0.2) is 33.2 Å². The molecule has 2 rings (SSSR count). The first-order chi connectivity index (χ1) is 7.52. The smallest absolute Gasteiger partial charge is 0.192 e. The third kappa shape index (κ3) is 1.56. The summed E-state index contributed by atoms with van der Waals surface area (Å²) in [4.78, 5) is 6.49. The number of aromatic nitrogens is 2. The van der Waals surface area contributed by atoms with Crippen molar-refractivity contribution in [3.63, 3.8) is 0 Å². The molecule has 2 heterocycles. The van der Waals surface area contributed by atoms with Crippen LogP contribution in [0, 0.1) is 6.92 Å². The largest absolute Gasteiger partial charge is 0.370 e. The quantitative estimate of drug-likeness (QED) is 0.804. The molecule has 0 bridgehead atoms. The van der Waals surface area contributed by atoms with Gasteiger partial charge in [-0.15, -0.1) is 0 Å². The number of nitrogens with zero attached hydrogens (tertiary/aromatic N) is 4. The van der Waals surface area contributed by atoms with Gasteiger partial charge in [0.15, 0.2) is 5.96 Å². The molecule has 1 aromatic heterocycles. The fraction of sp³-hybridized carbons (Fsp3) is 0.636. The lowest BCUT2D eigenvalue weighted by Gasteiger charge is -2.29. The van der Waals surface area contributed by atoms with Crippen molar-refractivity contribution in [3.8, 4) is 0 Å². The third-order valence-corrected chi connectivity index (χ3v) is 3.22. The Morgan fingerprint density at radius 3 is 2.69 bits per heavy atom. The molecule has 0 aliphatic carbocycles. The van der Waals surface area contributed by atoms with E-state index in [-0.39, 0.29) is 6.04 Å². The molecule has 0 saturated heterocycles. The highest BCUT2D eigenvalue weighted by Gasteiger charge is 2.31. The maximum Gasteiger partial charge on any atom is 0.192 e. The number of nitrogens with two attached hydrogens (primary N) is 1. The summed E-state index contributed by atoms with van der Waals surface area (Å²) in [6.45, 7) is 7.07. The van der Waals surface area contributed by atoms with Crippen LogP contribution in [0.5, 0.6) is 0 Å². The van der Waals surface area contributed by atoms with E-state index < -0.39 is 0 Å². The second-order valence-corrected chi connectivity index (χ2v) is 4.52. The Morgan fingerprint density at radius 2 is 2.19 bits per heavy atom. The Bertz CT molecular complexity index is 418. The second kappa shape index (κ2) is 3.81. The van der Waals surface area contributed by atoms with Crippen LogP contribution in [-0.2, 0) is 7.05 Å². The van der Waals surface area contributed by atoms with Gasteiger partial charge in [-0.1, -0.05) is 0 Å². The van der Waals surface area contributed by atoms with Crippen LogP contribution in [0.4, 0.5) is 0 Å². The molecule has 1 aliphatic heterocycles. The van der Waals surface area contributed by atoms with Gasteiger partial charge in [0, 0.05) is 24.3 Å². The van der Waals surface area contributed by atoms with E-state index >= 15 is 0 Å². The maximum atomic E-state index is 5.91. The first-order valence-corrected chi connectivity index (χ1v) is 5.59. The standard InChI is InChI=1S/C11H19N5/c1-7(2)16-10(6-13-11(16)12)9-5-14-15(4)8(9)3/h5,7,10H,6H2,1-4H3,(H2,12,13). The summed E-state index contributed by atoms with van der Waals surface area (Å²) in [6, 6.07) is 0.601. The molecule has 88 valence electrons. The molecule has 2 N–H and O–H groups in total. The van der Waals surface area contributed by atoms with Crippen LogP contribution >= 0.6 is 0 Å². The molecule has 0 saturated carbocycles. The first kappa shape index (κ1) is 11.0. The van der Waals surface area contributed by atoms with Crippen LogP contribution in [0.2, 0.25) is 0 Å². The van der Waals surface area contributed by atoms with E-state index in [2.05, 4.69) is 35.8 Å². The van der Waals surface area contributed by atoms with Gasteiger partial charge in [0.25, 0.3) is 0 Å². The van der Waals surface area contributed by atoms with Crippen molar-refractivity contribution in [2.75, 3.05) is 6.54 Å². The number of hydrogen-bond acceptors (Lipinski definition) is 4. The van der Waals surface area contributed by atoms with Crippen LogP contribution < -0.4 is 5.73 Å². The van der Waals surface area contributed by atoms with E-state index in [1.54, 1.807) is 0 Å². The lowest BCUT2D eigenvalue weighted by atomic mass is 10.1. The van der Waals surface area contributed by atoms with Gasteiger partial charge in [-0.05, 0) is 20.8 Å². The number of aryl methyl sites for hydroxylation is 1. The highest BCUT2D eigenvalue weighted by atomic mass is 15.3. The molecule has 1 aliphatic rings. The summed E-state index contributed by atoms with van der Waals surface area (Å²) < 4.78 is 1.89. The van der Waals surface area contributed by atoms with Gasteiger partial charge in [-0.3, -0.25) is 9.67 Å². The fourth-order valence-corrected chi connectivity index (χ4v) is 2.22. The van der Waals surface area contributed by atoms with Gasteiger partial charge in [0.1, 0.15) is 0 Å². The van der Waals surface area contributed by atoms with E-state index in [9.17, 15) is 0 Å². The molecule has 16 heavy (non-hydrogen) atoms. The van der Waals surface area contributed by atoms with Crippen LogP contribution in [0.25, 0.3) is 0 Å². The Balaban J connectivity index is 2.33. The molecule has 0 aromatic carbocycles. The molecule has 1 aromatic rings. The predicted molar refractivity (Wildman–Crippen MR) is 64.2 cm³/mol. The molecule has 0 spiro atoms. The van der Waals surface area contributed by atoms with Crippen molar-refractivity contribution in [2.24, 2.45) is 17.8 Å². The summed E-state index contributed by atoms with van der Waals surface area (Å²) in [5, 5.41) is 4.28. The van der Waals surface area contributed by atoms with Crippen LogP contribution in [0.1, 0.15) is 31.1 Å². The third-order valence-electron chi connectivity index (χ3n) is 3.22. The zero-order chi connectivity index (χ0) is 11.9. The Labute approximate surface area is 95.9 Å². The second-order valence-electron chi connectivity index (χ2n) is 4.52. The molecule has 0 amide bonds. The van der Waals surface area contributed by atoms with E-state index in [0.717, 1.165) is 6.54 Å². The van der Waals surface area contributed by atoms with Crippen molar-refractivity contribution in [2.45, 2.75) is 32.9 Å². The van der Waals surface area contributed by atoms with E-state index in [4.69, 9.17) is 5.73 Å². The van der Waals surface area contributed by atoms with E-state index in [1.165, 1.54) is 11.3 Å². The maximum absolute atomic E-state index is 5.91. The molecular formula is C11H19N5. The summed E-state index contributed by atoms with van der Waals surface area (Å²) in [5.74, 6) is 0.642. The minimum absolute atomic E-state index is 0.244. The lowest BCUT2D eigenvalue weighted by Crippen LogP contribution is -2.41. The van der Waals surface area contributed by atoms with E-state index in [1.807, 2.05) is 17.9 Å². The van der Waals surface area contributed by atoms with Crippen molar-refractivity contribution in [3.05, 3.63) is 17.5 Å². The van der Waals surface area contributed by atoms with Crippen LogP contribution in [0.15, 0.2) is 11.2 Å². The van der Waals surface area contributed by atoms with Gasteiger partial charge in [-0.2, -0.15) is 5.10 Å². The van der Waals surface area contributed by atoms with Crippen LogP contribution in [0.3, 0.4) is 0 Å². The summed E-state index contributed by atoms with van der Waals surface area (Å²) >= 11 is 0. The average Bonchev–Trinajstić information content (AvgIpc) is 2.72. The predicted octanol–water partition coefficient (Wildman–Crippen LogP) is 0.808. The van der Waals surface area contributed by atoms with Gasteiger partial charge in [-0.25, -0.2) is 0 Å². The highest BCUT2D eigenvalue weighted by Crippen LogP contribution is 2.29. The number of guanidine groups is 1. The highest BCUT2D eigenvalue weighted by molar-refractivity contribution is 5.80. The molecule has 0 fully saturated rings.